The van der Waals surface area contributed by atoms with Gasteiger partial charge in [-0.2, -0.15) is 0 Å². The molecule has 0 spiro atoms. The smallest absolute Gasteiger partial charge is 0.170 e. The Labute approximate surface area is 637 Å². The molecule has 4 atom stereocenters. The molecule has 0 saturated heterocycles. The molecule has 5 aliphatic rings. The van der Waals surface area contributed by atoms with E-state index in [0.717, 1.165) is 123 Å². The van der Waals surface area contributed by atoms with Gasteiger partial charge in [-0.25, -0.2) is 0 Å². The number of hydrogen-bond donors (Lipinski definition) is 0. The summed E-state index contributed by atoms with van der Waals surface area (Å²) in [6.07, 6.45) is 34.4. The average molecular weight is 1400 g/mol. The molecule has 0 amide bonds. The van der Waals surface area contributed by atoms with Gasteiger partial charge in [0.2, 0.25) is 0 Å². The molecular formula is C104H90N2O2. The van der Waals surface area contributed by atoms with E-state index < -0.39 is 5.41 Å². The first-order chi connectivity index (χ1) is 53.3. The summed E-state index contributed by atoms with van der Waals surface area (Å²) in [5.41, 5.74) is 31.2. The molecule has 528 valence electrons. The van der Waals surface area contributed by atoms with Gasteiger partial charge in [-0.1, -0.05) is 313 Å². The monoisotopic (exact) mass is 1400 g/mol. The fraction of sp³-hybridized carbons (Fsp3) is 0.173. The van der Waals surface area contributed by atoms with Crippen LogP contribution in [0.5, 0.6) is 0 Å². The first-order valence-electron chi connectivity index (χ1n) is 38.9. The molecule has 5 aliphatic carbocycles. The van der Waals surface area contributed by atoms with Gasteiger partial charge in [0.25, 0.3) is 0 Å². The molecule has 0 fully saturated rings. The molecule has 17 rings (SSSR count). The number of rotatable bonds is 27. The normalized spacial score (nSPS) is 18.4. The Morgan fingerprint density at radius 2 is 0.926 bits per heavy atom. The van der Waals surface area contributed by atoms with E-state index in [-0.39, 0.29) is 16.9 Å². The van der Waals surface area contributed by atoms with Gasteiger partial charge in [0.05, 0.1) is 12.7 Å². The molecule has 0 radical (unpaired) electrons. The predicted octanol–water partition coefficient (Wildman–Crippen LogP) is 27.3. The number of anilines is 6. The van der Waals surface area contributed by atoms with Crippen LogP contribution in [0.15, 0.2) is 381 Å². The van der Waals surface area contributed by atoms with Crippen LogP contribution in [0.3, 0.4) is 0 Å². The Bertz CT molecular complexity index is 5650. The fourth-order valence-electron chi connectivity index (χ4n) is 17.9. The number of fused-ring (bicyclic) bond motifs is 9. The van der Waals surface area contributed by atoms with Crippen molar-refractivity contribution in [1.82, 2.24) is 0 Å². The summed E-state index contributed by atoms with van der Waals surface area (Å²) in [5, 5.41) is 4.77. The lowest BCUT2D eigenvalue weighted by Gasteiger charge is -2.34. The molecule has 108 heavy (non-hydrogen) atoms. The average Bonchev–Trinajstić information content (AvgIpc) is 1.55. The molecule has 0 aromatic heterocycles. The fourth-order valence-corrected chi connectivity index (χ4v) is 17.9. The lowest BCUT2D eigenvalue weighted by molar-refractivity contribution is 0.0829. The van der Waals surface area contributed by atoms with E-state index in [1.54, 1.807) is 6.08 Å². The summed E-state index contributed by atoms with van der Waals surface area (Å²) in [4.78, 5) is 4.98. The van der Waals surface area contributed by atoms with Gasteiger partial charge in [-0.05, 0) is 229 Å². The van der Waals surface area contributed by atoms with E-state index in [9.17, 15) is 0 Å². The Morgan fingerprint density at radius 3 is 1.46 bits per heavy atom. The van der Waals surface area contributed by atoms with Crippen molar-refractivity contribution in [2.45, 2.75) is 99.9 Å². The minimum Gasteiger partial charge on any atom is -0.485 e. The summed E-state index contributed by atoms with van der Waals surface area (Å²) in [6, 6.07) is 104. The highest BCUT2D eigenvalue weighted by molar-refractivity contribution is 6.10. The number of allylic oxidation sites excluding steroid dienone is 11. The molecule has 4 nitrogen and oxygen atoms in total. The van der Waals surface area contributed by atoms with E-state index in [2.05, 4.69) is 357 Å². The van der Waals surface area contributed by atoms with E-state index in [4.69, 9.17) is 9.47 Å². The van der Waals surface area contributed by atoms with E-state index >= 15 is 0 Å². The van der Waals surface area contributed by atoms with Gasteiger partial charge in [0.1, 0.15) is 0 Å². The van der Waals surface area contributed by atoms with Crippen LogP contribution in [-0.4, -0.2) is 19.3 Å². The highest BCUT2D eigenvalue weighted by Crippen LogP contribution is 2.59. The predicted molar refractivity (Wildman–Crippen MR) is 453 cm³/mol. The second-order valence-electron chi connectivity index (χ2n) is 29.9. The molecule has 0 aliphatic heterocycles. The van der Waals surface area contributed by atoms with Gasteiger partial charge >= 0.3 is 0 Å². The minimum atomic E-state index is -0.392. The minimum absolute atomic E-state index is 0.0914. The first-order valence-corrected chi connectivity index (χ1v) is 38.9. The number of ether oxygens (including phenoxy) is 2. The van der Waals surface area contributed by atoms with Gasteiger partial charge in [-0.3, -0.25) is 0 Å². The summed E-state index contributed by atoms with van der Waals surface area (Å²) >= 11 is 0. The van der Waals surface area contributed by atoms with Crippen LogP contribution in [0.25, 0.3) is 54.9 Å². The molecule has 4 heteroatoms. The van der Waals surface area contributed by atoms with Gasteiger partial charge in [-0.15, -0.1) is 0 Å². The Balaban J connectivity index is 0.731. The number of hydrogen-bond acceptors (Lipinski definition) is 4. The molecule has 4 unspecified atom stereocenters. The van der Waals surface area contributed by atoms with Crippen LogP contribution >= 0.6 is 0 Å². The van der Waals surface area contributed by atoms with Crippen LogP contribution in [0, 0.1) is 0 Å². The Hall–Kier alpha value is -12.0. The lowest BCUT2D eigenvalue weighted by Crippen LogP contribution is -2.27. The summed E-state index contributed by atoms with van der Waals surface area (Å²) in [7, 11) is 0. The molecule has 0 heterocycles. The molecule has 0 saturated carbocycles. The Morgan fingerprint density at radius 1 is 0.426 bits per heavy atom. The summed E-state index contributed by atoms with van der Waals surface area (Å²) < 4.78 is 12.6. The number of nitrogens with zero attached hydrogens (tertiary/aromatic N) is 2. The van der Waals surface area contributed by atoms with Crippen LogP contribution < -0.4 is 9.80 Å². The van der Waals surface area contributed by atoms with Crippen molar-refractivity contribution < 1.29 is 9.47 Å². The van der Waals surface area contributed by atoms with E-state index in [1.807, 2.05) is 18.2 Å². The zero-order valence-corrected chi connectivity index (χ0v) is 61.7. The third-order valence-electron chi connectivity index (χ3n) is 23.4. The highest BCUT2D eigenvalue weighted by Gasteiger charge is 2.46. The molecule has 12 aromatic carbocycles. The quantitative estimate of drug-likeness (QED) is 0.0291. The van der Waals surface area contributed by atoms with Crippen molar-refractivity contribution >= 4 is 55.7 Å². The number of unbranched alkanes of at least 4 members (excludes halogenated alkanes) is 5. The number of benzene rings is 12. The lowest BCUT2D eigenvalue weighted by atomic mass is 9.69. The van der Waals surface area contributed by atoms with Crippen molar-refractivity contribution in [1.29, 1.82) is 0 Å². The van der Waals surface area contributed by atoms with Crippen LogP contribution in [-0.2, 0) is 25.7 Å². The zero-order chi connectivity index (χ0) is 72.9. The van der Waals surface area contributed by atoms with Gasteiger partial charge in [0, 0.05) is 62.5 Å². The highest BCUT2D eigenvalue weighted by atomic mass is 16.5. The Kier molecular flexibility index (Phi) is 19.5. The van der Waals surface area contributed by atoms with Crippen LogP contribution in [0.1, 0.15) is 116 Å². The maximum absolute atomic E-state index is 6.36. The van der Waals surface area contributed by atoms with Crippen molar-refractivity contribution in [2.24, 2.45) is 0 Å². The molecule has 12 aromatic rings. The first kappa shape index (κ1) is 69.1. The van der Waals surface area contributed by atoms with Crippen LogP contribution in [0.4, 0.5) is 34.1 Å². The summed E-state index contributed by atoms with van der Waals surface area (Å²) in [6.45, 7) is 11.6. The van der Waals surface area contributed by atoms with Crippen molar-refractivity contribution in [2.75, 3.05) is 23.0 Å². The van der Waals surface area contributed by atoms with Gasteiger partial charge in [0.15, 0.2) is 5.76 Å². The van der Waals surface area contributed by atoms with Crippen molar-refractivity contribution in [3.05, 3.63) is 420 Å². The van der Waals surface area contributed by atoms with E-state index in [0.29, 0.717) is 6.61 Å². The maximum Gasteiger partial charge on any atom is 0.170 e. The second-order valence-corrected chi connectivity index (χ2v) is 29.9. The standard InChI is InChI=1S/C104H90N2O2/c1-4-75-39-57-90(58-40-75)107-69-27-7-6-25-67-103(82-31-15-9-16-32-82)98-37-21-19-35-94(98)96-64-56-89(74-100(96)103)106(85-51-47-81(48-52-85)102(3)65-23-11-24-66-102)87-54-62-93-80(72-87)44-43-79-71-86(53-61-92(79)93)105(84-49-45-78(46-50-84)77-29-13-8-14-30-77)88-55-63-97-95-36-20-22-38-99(95)104(101(97)73-88,83-33-17-10-18-34-83)68-26-12-28-70-108-91-59-41-76(5-2)42-60-91/h4-5,8-11,13-24,29-41,43-57,59,61-65,71-74,90H,1-2,6-7,12,25-28,58,66-70H2,3H3. The van der Waals surface area contributed by atoms with Crippen LogP contribution in [0.2, 0.25) is 0 Å². The largest absolute Gasteiger partial charge is 0.485 e. The maximum atomic E-state index is 6.36. The van der Waals surface area contributed by atoms with Gasteiger partial charge < -0.3 is 19.3 Å². The van der Waals surface area contributed by atoms with Crippen molar-refractivity contribution in [3.8, 4) is 33.4 Å². The van der Waals surface area contributed by atoms with Crippen molar-refractivity contribution in [3.63, 3.8) is 0 Å². The molecule has 0 N–H and O–H groups in total. The molecule has 0 bridgehead atoms. The third kappa shape index (κ3) is 13.2. The third-order valence-corrected chi connectivity index (χ3v) is 23.4. The SMILES string of the molecule is C=CC1=C=C=C(OCCCCCC2(c3ccccc3)c3ccccc3-c3ccc(N(c4ccc(-c5ccccc5)cc4)c4ccc5c(ccc6cc(N(c7ccc(C8(C)C=CC=CC8)cc7)c7ccc8c(c7)C(CCCCCCOC7C=CC(C=C)=CC7)(c7ccccc7)c7ccccc7-8)ccc65)c4)cc32)C=C1. The zero-order valence-electron chi connectivity index (χ0n) is 61.7. The molecular weight excluding hydrogens is 1310 g/mol. The second kappa shape index (κ2) is 30.5. The topological polar surface area (TPSA) is 24.9 Å². The van der Waals surface area contributed by atoms with E-state index in [1.165, 1.54) is 99.4 Å². The summed E-state index contributed by atoms with van der Waals surface area (Å²) in [5.74, 6) is 0.717.